The van der Waals surface area contributed by atoms with E-state index in [9.17, 15) is 18.0 Å². The van der Waals surface area contributed by atoms with Crippen molar-refractivity contribution in [3.8, 4) is 11.3 Å². The average molecular weight is 538 g/mol. The van der Waals surface area contributed by atoms with Crippen molar-refractivity contribution in [2.45, 2.75) is 58.2 Å². The van der Waals surface area contributed by atoms with Crippen molar-refractivity contribution in [1.29, 1.82) is 0 Å². The molecule has 0 saturated carbocycles. The van der Waals surface area contributed by atoms with Gasteiger partial charge in [-0.25, -0.2) is 19.3 Å². The van der Waals surface area contributed by atoms with Crippen molar-refractivity contribution in [2.24, 2.45) is 5.41 Å². The van der Waals surface area contributed by atoms with Gasteiger partial charge in [0.05, 0.1) is 17.5 Å². The van der Waals surface area contributed by atoms with Crippen LogP contribution in [0.5, 0.6) is 0 Å². The number of carbonyl (C=O) groups is 1. The molecule has 3 aromatic rings. The van der Waals surface area contributed by atoms with Gasteiger partial charge in [0.15, 0.2) is 0 Å². The number of piperidine rings is 2. The Balaban J connectivity index is 1.28. The number of anilines is 2. The van der Waals surface area contributed by atoms with E-state index in [2.05, 4.69) is 20.0 Å². The van der Waals surface area contributed by atoms with E-state index in [4.69, 9.17) is 10.5 Å². The molecular formula is C24H30F3N7O2S. The van der Waals surface area contributed by atoms with Crippen LogP contribution in [0.4, 0.5) is 28.9 Å². The summed E-state index contributed by atoms with van der Waals surface area (Å²) < 4.78 is 46.8. The number of halogens is 3. The van der Waals surface area contributed by atoms with Crippen LogP contribution in [0.1, 0.15) is 52.0 Å². The lowest BCUT2D eigenvalue weighted by Gasteiger charge is -2.47. The molecule has 5 heterocycles. The average Bonchev–Trinajstić information content (AvgIpc) is 3.38. The van der Waals surface area contributed by atoms with E-state index in [1.807, 2.05) is 20.8 Å². The van der Waals surface area contributed by atoms with Crippen molar-refractivity contribution in [3.63, 3.8) is 0 Å². The molecule has 0 unspecified atom stereocenters. The summed E-state index contributed by atoms with van der Waals surface area (Å²) in [6.45, 7) is 8.67. The number of imidazole rings is 1. The van der Waals surface area contributed by atoms with Gasteiger partial charge < -0.3 is 20.3 Å². The Morgan fingerprint density at radius 1 is 1.16 bits per heavy atom. The van der Waals surface area contributed by atoms with E-state index < -0.39 is 23.2 Å². The lowest BCUT2D eigenvalue weighted by Crippen LogP contribution is -2.51. The number of carbonyl (C=O) groups excluding carboxylic acids is 1. The summed E-state index contributed by atoms with van der Waals surface area (Å²) in [5.41, 5.74) is 4.62. The maximum atomic E-state index is 13.2. The van der Waals surface area contributed by atoms with Gasteiger partial charge in [0, 0.05) is 37.9 Å². The number of aromatic nitrogens is 4. The first-order valence-electron chi connectivity index (χ1n) is 12.2. The van der Waals surface area contributed by atoms with E-state index in [0.29, 0.717) is 23.7 Å². The number of ether oxygens (including phenoxy) is 1. The number of hydrogen-bond donors (Lipinski definition) is 1. The zero-order valence-electron chi connectivity index (χ0n) is 21.0. The number of nitrogens with zero attached hydrogens (tertiary/aromatic N) is 6. The highest BCUT2D eigenvalue weighted by Crippen LogP contribution is 2.42. The smallest absolute Gasteiger partial charge is 0.419 e. The Bertz CT molecular complexity index is 1270. The second-order valence-corrected chi connectivity index (χ2v) is 11.8. The third-order valence-electron chi connectivity index (χ3n) is 6.96. The molecule has 2 N–H and O–H groups in total. The second kappa shape index (κ2) is 9.03. The molecule has 13 heteroatoms. The minimum Gasteiger partial charge on any atom is -0.444 e. The van der Waals surface area contributed by atoms with Crippen LogP contribution in [0.15, 0.2) is 18.5 Å². The molecule has 2 aliphatic rings. The van der Waals surface area contributed by atoms with Crippen LogP contribution in [0, 0.1) is 5.41 Å². The minimum atomic E-state index is -4.59. The predicted octanol–water partition coefficient (Wildman–Crippen LogP) is 5.07. The fraction of sp³-hybridized carbons (Fsp3) is 0.583. The number of fused-ring (bicyclic) bond motifs is 1. The number of hydrogen-bond acceptors (Lipinski definition) is 8. The number of likely N-dealkylation sites (tertiary alicyclic amines) is 1. The van der Waals surface area contributed by atoms with E-state index in [1.165, 1.54) is 17.5 Å². The number of rotatable bonds is 2. The quantitative estimate of drug-likeness (QED) is 0.487. The van der Waals surface area contributed by atoms with Gasteiger partial charge >= 0.3 is 12.3 Å². The summed E-state index contributed by atoms with van der Waals surface area (Å²) >= 11 is 1.41. The zero-order valence-corrected chi connectivity index (χ0v) is 21.8. The number of nitrogen functional groups attached to an aromatic ring is 1. The van der Waals surface area contributed by atoms with Gasteiger partial charge in [-0.15, -0.1) is 5.10 Å². The topological polar surface area (TPSA) is 102 Å². The molecule has 2 aliphatic heterocycles. The van der Waals surface area contributed by atoms with E-state index in [1.54, 1.807) is 15.6 Å². The monoisotopic (exact) mass is 537 g/mol. The molecule has 9 nitrogen and oxygen atoms in total. The molecule has 3 aromatic heterocycles. The van der Waals surface area contributed by atoms with Crippen LogP contribution in [-0.2, 0) is 10.9 Å². The van der Waals surface area contributed by atoms with E-state index in [-0.39, 0.29) is 17.1 Å². The molecule has 1 amide bonds. The van der Waals surface area contributed by atoms with Crippen LogP contribution < -0.4 is 10.6 Å². The highest BCUT2D eigenvalue weighted by molar-refractivity contribution is 7.20. The predicted molar refractivity (Wildman–Crippen MR) is 134 cm³/mol. The zero-order chi connectivity index (χ0) is 26.6. The third-order valence-corrected chi connectivity index (χ3v) is 7.94. The van der Waals surface area contributed by atoms with Crippen molar-refractivity contribution < 1.29 is 22.7 Å². The van der Waals surface area contributed by atoms with Crippen LogP contribution >= 0.6 is 11.3 Å². The molecular weight excluding hydrogens is 507 g/mol. The maximum Gasteiger partial charge on any atom is 0.419 e. The second-order valence-electron chi connectivity index (χ2n) is 10.9. The van der Waals surface area contributed by atoms with Gasteiger partial charge in [0.2, 0.25) is 10.1 Å². The van der Waals surface area contributed by atoms with Crippen LogP contribution in [0.3, 0.4) is 0 Å². The van der Waals surface area contributed by atoms with E-state index in [0.717, 1.165) is 50.0 Å². The first-order valence-corrected chi connectivity index (χ1v) is 13.1. The molecule has 5 rings (SSSR count). The number of pyridine rings is 1. The van der Waals surface area contributed by atoms with Crippen molar-refractivity contribution >= 4 is 33.3 Å². The normalized spacial score (nSPS) is 18.5. The van der Waals surface area contributed by atoms with Gasteiger partial charge in [0.1, 0.15) is 11.4 Å². The Hall–Kier alpha value is -3.09. The number of alkyl halides is 3. The third kappa shape index (κ3) is 5.32. The van der Waals surface area contributed by atoms with E-state index >= 15 is 0 Å². The Labute approximate surface area is 216 Å². The van der Waals surface area contributed by atoms with Gasteiger partial charge in [-0.1, -0.05) is 11.3 Å². The molecule has 1 spiro atoms. The van der Waals surface area contributed by atoms with Gasteiger partial charge in [0.25, 0.3) is 0 Å². The standard InChI is InChI=1S/C24H30F3N7O2S/c1-22(2,3)36-21(35)32-9-6-23(7-10-32)5-4-8-33(14-23)20-31-34-13-17(30-19(34)37-20)15-11-16(24(25,26)27)18(28)29-12-15/h11-13H,4-10,14H2,1-3H3,(H2,28,29). The Kier molecular flexibility index (Phi) is 6.24. The summed E-state index contributed by atoms with van der Waals surface area (Å²) in [6.07, 6.45) is 1.98. The summed E-state index contributed by atoms with van der Waals surface area (Å²) in [4.78, 5) is 25.3. The maximum absolute atomic E-state index is 13.2. The highest BCUT2D eigenvalue weighted by Gasteiger charge is 2.41. The minimum absolute atomic E-state index is 0.110. The first-order chi connectivity index (χ1) is 17.3. The first kappa shape index (κ1) is 25.6. The summed E-state index contributed by atoms with van der Waals surface area (Å²) in [5, 5.41) is 5.51. The van der Waals surface area contributed by atoms with Crippen LogP contribution in [0.25, 0.3) is 16.2 Å². The van der Waals surface area contributed by atoms with Crippen molar-refractivity contribution in [2.75, 3.05) is 36.8 Å². The molecule has 200 valence electrons. The fourth-order valence-corrected chi connectivity index (χ4v) is 5.98. The lowest BCUT2D eigenvalue weighted by molar-refractivity contribution is -0.137. The molecule has 0 atom stereocenters. The lowest BCUT2D eigenvalue weighted by atomic mass is 9.72. The highest BCUT2D eigenvalue weighted by atomic mass is 32.1. The van der Waals surface area contributed by atoms with Crippen molar-refractivity contribution in [1.82, 2.24) is 24.5 Å². The number of nitrogens with two attached hydrogens (primary N) is 1. The molecule has 0 aromatic carbocycles. The van der Waals surface area contributed by atoms with Crippen molar-refractivity contribution in [3.05, 3.63) is 24.0 Å². The van der Waals surface area contributed by atoms with Crippen LogP contribution in [-0.4, -0.2) is 62.4 Å². The largest absolute Gasteiger partial charge is 0.444 e. The Morgan fingerprint density at radius 2 is 1.89 bits per heavy atom. The molecule has 37 heavy (non-hydrogen) atoms. The van der Waals surface area contributed by atoms with Gasteiger partial charge in [-0.2, -0.15) is 13.2 Å². The molecule has 2 saturated heterocycles. The van der Waals surface area contributed by atoms with Gasteiger partial charge in [-0.05, 0) is 57.9 Å². The molecule has 0 radical (unpaired) electrons. The Morgan fingerprint density at radius 3 is 2.54 bits per heavy atom. The SMILES string of the molecule is CC(C)(C)OC(=O)N1CCC2(CCCN(c3nn4cc(-c5cnc(N)c(C(F)(F)F)c5)nc4s3)C2)CC1. The molecule has 0 bridgehead atoms. The van der Waals surface area contributed by atoms with Gasteiger partial charge in [-0.3, -0.25) is 0 Å². The summed E-state index contributed by atoms with van der Waals surface area (Å²) in [6, 6.07) is 0.966. The summed E-state index contributed by atoms with van der Waals surface area (Å²) in [7, 11) is 0. The summed E-state index contributed by atoms with van der Waals surface area (Å²) in [5.74, 6) is -0.561. The van der Waals surface area contributed by atoms with Crippen LogP contribution in [0.2, 0.25) is 0 Å². The number of amides is 1. The molecule has 2 fully saturated rings. The molecule has 0 aliphatic carbocycles. The fourth-order valence-electron chi connectivity index (χ4n) is 5.07.